The van der Waals surface area contributed by atoms with E-state index in [0.29, 0.717) is 16.7 Å². The van der Waals surface area contributed by atoms with Crippen molar-refractivity contribution < 1.29 is 43.2 Å². The fraction of sp³-hybridized carbons (Fsp3) is 0.682. The summed E-state index contributed by atoms with van der Waals surface area (Å²) in [4.78, 5) is 39.0. The van der Waals surface area contributed by atoms with Gasteiger partial charge in [-0.25, -0.2) is 0 Å². The first kappa shape index (κ1) is 18.5. The van der Waals surface area contributed by atoms with E-state index in [1.807, 2.05) is 13.8 Å². The predicted octanol–water partition coefficient (Wildman–Crippen LogP) is -0.402. The van der Waals surface area contributed by atoms with Crippen molar-refractivity contribution in [3.63, 3.8) is 0 Å². The maximum Gasteiger partial charge on any atom is 0.303 e. The number of esters is 1. The highest BCUT2D eigenvalue weighted by atomic mass is 16.6. The molecule has 3 aliphatic carbocycles. The summed E-state index contributed by atoms with van der Waals surface area (Å²) in [6, 6.07) is 0. The lowest BCUT2D eigenvalue weighted by molar-refractivity contribution is -0.211. The smallest absolute Gasteiger partial charge is 0.303 e. The van der Waals surface area contributed by atoms with Crippen LogP contribution in [0.15, 0.2) is 23.0 Å². The van der Waals surface area contributed by atoms with Gasteiger partial charge in [-0.1, -0.05) is 0 Å². The van der Waals surface area contributed by atoms with E-state index in [1.165, 1.54) is 13.2 Å². The van der Waals surface area contributed by atoms with Crippen LogP contribution in [0.5, 0.6) is 0 Å². The second-order valence-electron chi connectivity index (χ2n) is 9.67. The van der Waals surface area contributed by atoms with Gasteiger partial charge in [0.1, 0.15) is 30.5 Å². The van der Waals surface area contributed by atoms with Gasteiger partial charge in [0.2, 0.25) is 0 Å². The molecule has 8 aliphatic rings. The van der Waals surface area contributed by atoms with E-state index in [1.54, 1.807) is 0 Å². The Morgan fingerprint density at radius 3 is 2.58 bits per heavy atom. The van der Waals surface area contributed by atoms with E-state index >= 15 is 0 Å². The SMILES string of the molecule is CC(=O)O[C@H]1C2=CO[C@H](C)[C@H]3[C@H]4C5=C([C@H](O)[C@H]6O[C@H]6C5=O)[C@H](O[C@@H]4C)[C@@]23C(=O)[C@@H]2O[C@@H]21. The summed E-state index contributed by atoms with van der Waals surface area (Å²) in [7, 11) is 0. The zero-order valence-electron chi connectivity index (χ0n) is 17.1. The molecule has 0 radical (unpaired) electrons. The number of hydrogen-bond acceptors (Lipinski definition) is 9. The van der Waals surface area contributed by atoms with Crippen LogP contribution < -0.4 is 0 Å². The second kappa shape index (κ2) is 5.46. The molecule has 31 heavy (non-hydrogen) atoms. The number of fused-ring (bicyclic) bond motifs is 3. The predicted molar refractivity (Wildman–Crippen MR) is 98.3 cm³/mol. The van der Waals surface area contributed by atoms with Crippen molar-refractivity contribution in [2.75, 3.05) is 0 Å². The fourth-order valence-corrected chi connectivity index (χ4v) is 7.14. The summed E-state index contributed by atoms with van der Waals surface area (Å²) in [6.07, 6.45) is -4.40. The third-order valence-corrected chi connectivity index (χ3v) is 8.27. The van der Waals surface area contributed by atoms with Crippen molar-refractivity contribution in [2.45, 2.75) is 75.7 Å². The number of epoxide rings is 2. The van der Waals surface area contributed by atoms with Crippen molar-refractivity contribution in [3.8, 4) is 0 Å². The molecule has 5 heterocycles. The number of ketones is 2. The van der Waals surface area contributed by atoms with E-state index in [2.05, 4.69) is 0 Å². The van der Waals surface area contributed by atoms with E-state index < -0.39 is 72.1 Å². The van der Waals surface area contributed by atoms with Gasteiger partial charge in [0.05, 0.1) is 30.0 Å². The quantitative estimate of drug-likeness (QED) is 0.437. The lowest BCUT2D eigenvalue weighted by Crippen LogP contribution is -2.72. The molecule has 4 fully saturated rings. The minimum absolute atomic E-state index is 0.131. The van der Waals surface area contributed by atoms with Crippen molar-refractivity contribution in [2.24, 2.45) is 17.3 Å². The van der Waals surface area contributed by atoms with Gasteiger partial charge in [-0.05, 0) is 19.4 Å². The molecule has 5 aliphatic heterocycles. The molecule has 1 N–H and O–H groups in total. The van der Waals surface area contributed by atoms with Crippen LogP contribution in [0.1, 0.15) is 20.8 Å². The third kappa shape index (κ3) is 1.92. The minimum Gasteiger partial charge on any atom is -0.498 e. The van der Waals surface area contributed by atoms with E-state index in [-0.39, 0.29) is 17.7 Å². The third-order valence-electron chi connectivity index (χ3n) is 8.27. The molecule has 0 aromatic carbocycles. The number of ether oxygens (including phenoxy) is 5. The van der Waals surface area contributed by atoms with Crippen LogP contribution in [0.3, 0.4) is 0 Å². The Kier molecular flexibility index (Phi) is 3.26. The Balaban J connectivity index is 1.48. The first-order valence-electron chi connectivity index (χ1n) is 10.8. The van der Waals surface area contributed by atoms with Gasteiger partial charge in [-0.3, -0.25) is 14.4 Å². The molecule has 1 spiro atoms. The summed E-state index contributed by atoms with van der Waals surface area (Å²) < 4.78 is 29.1. The molecule has 3 saturated heterocycles. The summed E-state index contributed by atoms with van der Waals surface area (Å²) in [6.45, 7) is 5.07. The van der Waals surface area contributed by atoms with Crippen LogP contribution in [0, 0.1) is 17.3 Å². The van der Waals surface area contributed by atoms with Crippen LogP contribution in [0.4, 0.5) is 0 Å². The fourth-order valence-electron chi connectivity index (χ4n) is 7.14. The minimum atomic E-state index is -1.23. The molecule has 164 valence electrons. The van der Waals surface area contributed by atoms with Crippen LogP contribution in [-0.4, -0.2) is 77.6 Å². The first-order valence-corrected chi connectivity index (χ1v) is 10.8. The van der Waals surface area contributed by atoms with Gasteiger partial charge >= 0.3 is 5.97 Å². The Morgan fingerprint density at radius 1 is 1.10 bits per heavy atom. The molecular formula is C22H22O9. The largest absolute Gasteiger partial charge is 0.498 e. The number of aliphatic hydroxyl groups is 1. The van der Waals surface area contributed by atoms with Crippen molar-refractivity contribution >= 4 is 17.5 Å². The summed E-state index contributed by atoms with van der Waals surface area (Å²) in [5.41, 5.74) is 0.241. The van der Waals surface area contributed by atoms with Gasteiger partial charge in [-0.15, -0.1) is 0 Å². The second-order valence-corrected chi connectivity index (χ2v) is 9.67. The van der Waals surface area contributed by atoms with Gasteiger partial charge in [-0.2, -0.15) is 0 Å². The van der Waals surface area contributed by atoms with Gasteiger partial charge in [0.15, 0.2) is 17.7 Å². The van der Waals surface area contributed by atoms with E-state index in [9.17, 15) is 19.5 Å². The molecule has 12 atom stereocenters. The summed E-state index contributed by atoms with van der Waals surface area (Å²) in [5, 5.41) is 11.1. The molecule has 9 heteroatoms. The standard InChI is InChI=1S/C22H22O9/c1-5-9-10-11(14(25)17-16(30-17)13(10)24)21(28-5)22-8(4-27-6(2)12(9)22)15(29-7(3)23)18-19(31-18)20(22)26/h4-6,9,12,14-19,21,25H,1-3H3/t5-,6-,9-,12+,14+,15+,16+,17-,18-,19-,21+,22+/m1/s1. The Bertz CT molecular complexity index is 1030. The highest BCUT2D eigenvalue weighted by molar-refractivity contribution is 6.06. The number of Topliss-reactive ketones (excluding diaryl/α,β-unsaturated/α-hetero) is 2. The topological polar surface area (TPSA) is 124 Å². The number of aliphatic hydroxyl groups excluding tert-OH is 1. The highest BCUT2D eigenvalue weighted by Crippen LogP contribution is 2.68. The monoisotopic (exact) mass is 430 g/mol. The molecule has 8 rings (SSSR count). The molecular weight excluding hydrogens is 408 g/mol. The molecule has 0 aromatic rings. The van der Waals surface area contributed by atoms with Crippen LogP contribution in [-0.2, 0) is 38.1 Å². The van der Waals surface area contributed by atoms with Crippen LogP contribution >= 0.6 is 0 Å². The zero-order valence-corrected chi connectivity index (χ0v) is 17.1. The molecule has 0 amide bonds. The summed E-state index contributed by atoms with van der Waals surface area (Å²) >= 11 is 0. The number of carbonyl (C=O) groups excluding carboxylic acids is 3. The van der Waals surface area contributed by atoms with E-state index in [4.69, 9.17) is 23.7 Å². The van der Waals surface area contributed by atoms with Gasteiger partial charge in [0.25, 0.3) is 0 Å². The van der Waals surface area contributed by atoms with Crippen molar-refractivity contribution in [1.29, 1.82) is 0 Å². The maximum absolute atomic E-state index is 13.9. The normalized spacial score (nSPS) is 55.1. The average Bonchev–Trinajstić information content (AvgIpc) is 3.62. The van der Waals surface area contributed by atoms with Crippen molar-refractivity contribution in [3.05, 3.63) is 23.0 Å². The van der Waals surface area contributed by atoms with Crippen molar-refractivity contribution in [1.82, 2.24) is 0 Å². The molecule has 0 unspecified atom stereocenters. The highest BCUT2D eigenvalue weighted by Gasteiger charge is 2.79. The lowest BCUT2D eigenvalue weighted by atomic mass is 9.45. The first-order chi connectivity index (χ1) is 14.8. The van der Waals surface area contributed by atoms with Crippen LogP contribution in [0.2, 0.25) is 0 Å². The Labute approximate surface area is 177 Å². The molecule has 2 bridgehead atoms. The molecule has 0 aromatic heterocycles. The maximum atomic E-state index is 13.9. The van der Waals surface area contributed by atoms with Gasteiger partial charge < -0.3 is 28.8 Å². The van der Waals surface area contributed by atoms with E-state index in [0.717, 1.165) is 0 Å². The molecule has 1 saturated carbocycles. The zero-order chi connectivity index (χ0) is 21.6. The number of carbonyl (C=O) groups is 3. The molecule has 9 nitrogen and oxygen atoms in total. The van der Waals surface area contributed by atoms with Gasteiger partial charge in [0, 0.05) is 29.9 Å². The summed E-state index contributed by atoms with van der Waals surface area (Å²) in [5.74, 6) is -1.64. The number of hydrogen-bond donors (Lipinski definition) is 1. The average molecular weight is 430 g/mol. The Hall–Kier alpha value is -2.07. The van der Waals surface area contributed by atoms with Crippen LogP contribution in [0.25, 0.3) is 0 Å². The number of rotatable bonds is 1. The lowest BCUT2D eigenvalue weighted by Gasteiger charge is -2.63. The Morgan fingerprint density at radius 2 is 1.84 bits per heavy atom.